The van der Waals surface area contributed by atoms with E-state index in [0.29, 0.717) is 29.7 Å². The number of guanidine groups is 1. The highest BCUT2D eigenvalue weighted by Crippen LogP contribution is 2.53. The van der Waals surface area contributed by atoms with Crippen LogP contribution in [0.4, 0.5) is 4.39 Å². The molecule has 30 heavy (non-hydrogen) atoms. The van der Waals surface area contributed by atoms with Gasteiger partial charge in [-0.2, -0.15) is 0 Å². The largest absolute Gasteiger partial charge is 0.490 e. The van der Waals surface area contributed by atoms with Crippen LogP contribution in [-0.2, 0) is 15.1 Å². The van der Waals surface area contributed by atoms with Crippen molar-refractivity contribution in [1.29, 1.82) is 0 Å². The number of fused-ring (bicyclic) bond motifs is 4. The van der Waals surface area contributed by atoms with Gasteiger partial charge in [0, 0.05) is 31.4 Å². The van der Waals surface area contributed by atoms with Crippen molar-refractivity contribution in [1.82, 2.24) is 4.90 Å². The van der Waals surface area contributed by atoms with Gasteiger partial charge in [0.05, 0.1) is 0 Å². The molecule has 2 N–H and O–H groups in total. The van der Waals surface area contributed by atoms with Crippen molar-refractivity contribution in [3.63, 3.8) is 0 Å². The van der Waals surface area contributed by atoms with Crippen molar-refractivity contribution >= 4 is 17.6 Å². The maximum atomic E-state index is 14.0. The van der Waals surface area contributed by atoms with Crippen LogP contribution in [0.3, 0.4) is 0 Å². The number of nitrogens with zero attached hydrogens (tertiary/aromatic N) is 2. The second kappa shape index (κ2) is 6.39. The van der Waals surface area contributed by atoms with Crippen molar-refractivity contribution in [2.24, 2.45) is 16.6 Å². The molecule has 0 bridgehead atoms. The van der Waals surface area contributed by atoms with Gasteiger partial charge >= 0.3 is 0 Å². The molecule has 1 fully saturated rings. The molecule has 3 atom stereocenters. The van der Waals surface area contributed by atoms with E-state index >= 15 is 0 Å². The monoisotopic (exact) mass is 407 g/mol. The summed E-state index contributed by atoms with van der Waals surface area (Å²) in [5, 5.41) is 0. The highest BCUT2D eigenvalue weighted by atomic mass is 19.1. The van der Waals surface area contributed by atoms with Crippen LogP contribution in [-0.4, -0.2) is 35.7 Å². The number of ether oxygens (including phenoxy) is 1. The third-order valence-corrected chi connectivity index (χ3v) is 6.45. The first-order valence-corrected chi connectivity index (χ1v) is 10.0. The van der Waals surface area contributed by atoms with E-state index in [1.165, 1.54) is 17.0 Å². The first-order chi connectivity index (χ1) is 14.3. The smallest absolute Gasteiger partial charge is 0.262 e. The number of carbonyl (C=O) groups excluding carboxylic acids is 2. The molecule has 1 aliphatic carbocycles. The first kappa shape index (κ1) is 18.8. The topological polar surface area (TPSA) is 85.0 Å². The van der Waals surface area contributed by atoms with Crippen molar-refractivity contribution < 1.29 is 18.7 Å². The Morgan fingerprint density at radius 2 is 2.00 bits per heavy atom. The van der Waals surface area contributed by atoms with Crippen molar-refractivity contribution in [3.8, 4) is 16.9 Å². The molecule has 0 radical (unpaired) electrons. The van der Waals surface area contributed by atoms with Gasteiger partial charge in [-0.25, -0.2) is 9.38 Å². The molecule has 3 aliphatic rings. The van der Waals surface area contributed by atoms with Crippen LogP contribution in [0.15, 0.2) is 41.4 Å². The quantitative estimate of drug-likeness (QED) is 0.788. The second-order valence-electron chi connectivity index (χ2n) is 8.37. The number of hydrogen-bond acceptors (Lipinski definition) is 5. The van der Waals surface area contributed by atoms with Crippen LogP contribution in [0.5, 0.6) is 5.75 Å². The Balaban J connectivity index is 1.73. The minimum Gasteiger partial charge on any atom is -0.490 e. The van der Waals surface area contributed by atoms with E-state index in [9.17, 15) is 14.0 Å². The molecule has 154 valence electrons. The maximum absolute atomic E-state index is 14.0. The summed E-state index contributed by atoms with van der Waals surface area (Å²) in [6.07, 6.45) is 0.895. The van der Waals surface area contributed by atoms with Gasteiger partial charge in [0.15, 0.2) is 11.5 Å². The van der Waals surface area contributed by atoms with E-state index < -0.39 is 11.5 Å². The summed E-state index contributed by atoms with van der Waals surface area (Å²) < 4.78 is 20.2. The van der Waals surface area contributed by atoms with Gasteiger partial charge in [-0.05, 0) is 54.3 Å². The number of carbonyl (C=O) groups is 2. The van der Waals surface area contributed by atoms with E-state index in [4.69, 9.17) is 10.5 Å². The van der Waals surface area contributed by atoms with Crippen LogP contribution in [0, 0.1) is 18.7 Å². The molecule has 1 amide bonds. The van der Waals surface area contributed by atoms with Gasteiger partial charge in [0.25, 0.3) is 5.91 Å². The van der Waals surface area contributed by atoms with Crippen molar-refractivity contribution in [3.05, 3.63) is 53.3 Å². The zero-order chi connectivity index (χ0) is 21.2. The highest BCUT2D eigenvalue weighted by Gasteiger charge is 2.61. The third-order valence-electron chi connectivity index (χ3n) is 6.45. The Morgan fingerprint density at radius 3 is 2.70 bits per heavy atom. The lowest BCUT2D eigenvalue weighted by Gasteiger charge is -2.45. The second-order valence-corrected chi connectivity index (χ2v) is 8.37. The summed E-state index contributed by atoms with van der Waals surface area (Å²) in [6.45, 7) is 1.83. The fourth-order valence-electron chi connectivity index (χ4n) is 5.00. The molecule has 2 heterocycles. The standard InChI is InChI=1S/C23H22FN3O3/c1-12-7-14(9-15(24)8-12)13-3-5-19-17(10-13)23(21(29)27(2)22(25)26-23)18-11-16(28)4-6-20(18)30-19/h3,5,7-10,18,20H,4,6,11H2,1-2H3,(H2,25,26)/t18-,20?,23?/m1/s1. The fourth-order valence-corrected chi connectivity index (χ4v) is 5.00. The minimum absolute atomic E-state index is 0.0932. The van der Waals surface area contributed by atoms with Gasteiger partial charge in [-0.1, -0.05) is 12.1 Å². The molecule has 0 aromatic heterocycles. The van der Waals surface area contributed by atoms with Crippen LogP contribution in [0.1, 0.15) is 30.4 Å². The Labute approximate surface area is 173 Å². The Hall–Kier alpha value is -3.22. The molecular formula is C23H22FN3O3. The number of hydrogen-bond donors (Lipinski definition) is 1. The summed E-state index contributed by atoms with van der Waals surface area (Å²) >= 11 is 0. The van der Waals surface area contributed by atoms with E-state index in [0.717, 1.165) is 11.1 Å². The summed E-state index contributed by atoms with van der Waals surface area (Å²) in [5.41, 5.74) is 7.58. The average molecular weight is 407 g/mol. The van der Waals surface area contributed by atoms with Gasteiger partial charge in [-0.15, -0.1) is 0 Å². The molecule has 2 aromatic carbocycles. The normalized spacial score (nSPS) is 27.6. The molecule has 0 saturated heterocycles. The predicted molar refractivity (Wildman–Crippen MR) is 109 cm³/mol. The summed E-state index contributed by atoms with van der Waals surface area (Å²) in [6, 6.07) is 10.3. The lowest BCUT2D eigenvalue weighted by Crippen LogP contribution is -2.54. The summed E-state index contributed by atoms with van der Waals surface area (Å²) in [5.74, 6) is -0.242. The van der Waals surface area contributed by atoms with E-state index in [1.54, 1.807) is 13.1 Å². The Kier molecular flexibility index (Phi) is 4.00. The zero-order valence-corrected chi connectivity index (χ0v) is 16.8. The van der Waals surface area contributed by atoms with Crippen molar-refractivity contribution in [2.45, 2.75) is 37.8 Å². The SMILES string of the molecule is Cc1cc(F)cc(-c2ccc3c(c2)C2(N=C(N)N(C)C2=O)[C@@H]2CC(=O)CCC2O3)c1. The van der Waals surface area contributed by atoms with Crippen LogP contribution >= 0.6 is 0 Å². The summed E-state index contributed by atoms with van der Waals surface area (Å²) in [7, 11) is 1.59. The molecule has 2 unspecified atom stereocenters. The molecule has 5 rings (SSSR count). The third kappa shape index (κ3) is 2.57. The number of halogens is 1. The predicted octanol–water partition coefficient (Wildman–Crippen LogP) is 2.91. The van der Waals surface area contributed by atoms with Crippen LogP contribution < -0.4 is 10.5 Å². The molecule has 1 spiro atoms. The zero-order valence-electron chi connectivity index (χ0n) is 16.8. The van der Waals surface area contributed by atoms with Crippen LogP contribution in [0.25, 0.3) is 11.1 Å². The number of rotatable bonds is 1. The lowest BCUT2D eigenvalue weighted by atomic mass is 9.67. The molecule has 2 aromatic rings. The number of benzene rings is 2. The highest BCUT2D eigenvalue weighted by molar-refractivity contribution is 6.08. The van der Waals surface area contributed by atoms with Crippen molar-refractivity contribution in [2.75, 3.05) is 7.05 Å². The van der Waals surface area contributed by atoms with Crippen LogP contribution in [0.2, 0.25) is 0 Å². The number of ketones is 1. The number of aryl methyl sites for hydroxylation is 1. The Morgan fingerprint density at radius 1 is 1.20 bits per heavy atom. The minimum atomic E-state index is -1.30. The maximum Gasteiger partial charge on any atom is 0.262 e. The lowest BCUT2D eigenvalue weighted by molar-refractivity contribution is -0.139. The van der Waals surface area contributed by atoms with E-state index in [2.05, 4.69) is 4.99 Å². The molecule has 6 nitrogen and oxygen atoms in total. The number of Topliss-reactive ketones (excluding diaryl/α,β-unsaturated/α-hetero) is 1. The van der Waals surface area contributed by atoms with Gasteiger partial charge < -0.3 is 10.5 Å². The summed E-state index contributed by atoms with van der Waals surface area (Å²) in [4.78, 5) is 31.8. The van der Waals surface area contributed by atoms with Gasteiger partial charge in [0.2, 0.25) is 0 Å². The number of nitrogens with two attached hydrogens (primary N) is 1. The number of aliphatic imine (C=N–C) groups is 1. The molecular weight excluding hydrogens is 385 g/mol. The molecule has 1 saturated carbocycles. The molecule has 2 aliphatic heterocycles. The molecule has 7 heteroatoms. The number of likely N-dealkylation sites (N-methyl/N-ethyl adjacent to an activating group) is 1. The average Bonchev–Trinajstić information content (AvgIpc) is 2.93. The fraction of sp³-hybridized carbons (Fsp3) is 0.348. The van der Waals surface area contributed by atoms with Gasteiger partial charge in [-0.3, -0.25) is 14.5 Å². The van der Waals surface area contributed by atoms with Gasteiger partial charge in [0.1, 0.15) is 23.5 Å². The van der Waals surface area contributed by atoms with E-state index in [-0.39, 0.29) is 36.0 Å². The van der Waals surface area contributed by atoms with E-state index in [1.807, 2.05) is 25.1 Å². The Bertz CT molecular complexity index is 1110. The first-order valence-electron chi connectivity index (χ1n) is 10.0. The number of amides is 1.